The predicted octanol–water partition coefficient (Wildman–Crippen LogP) is 2.89. The zero-order valence-electron chi connectivity index (χ0n) is 29.6. The summed E-state index contributed by atoms with van der Waals surface area (Å²) in [4.78, 5) is 75.2. The van der Waals surface area contributed by atoms with Crippen LogP contribution in [0.1, 0.15) is 68.7 Å². The predicted molar refractivity (Wildman–Crippen MR) is 201 cm³/mol. The first-order valence-corrected chi connectivity index (χ1v) is 17.2. The van der Waals surface area contributed by atoms with Crippen LogP contribution < -0.4 is 26.9 Å². The molecular weight excluding hydrogens is 702 g/mol. The Balaban J connectivity index is 1.19. The number of amides is 5. The smallest absolute Gasteiger partial charge is 0.267 e. The number of ketones is 1. The van der Waals surface area contributed by atoms with E-state index in [-0.39, 0.29) is 50.1 Å². The maximum absolute atomic E-state index is 12.9. The molecule has 0 aromatic heterocycles. The molecule has 0 aliphatic carbocycles. The molecule has 13 heteroatoms. The van der Waals surface area contributed by atoms with Crippen molar-refractivity contribution in [1.29, 1.82) is 0 Å². The summed E-state index contributed by atoms with van der Waals surface area (Å²) in [6.07, 6.45) is -0.428. The normalized spacial score (nSPS) is 11.2. The van der Waals surface area contributed by atoms with Gasteiger partial charge in [0.15, 0.2) is 5.78 Å². The van der Waals surface area contributed by atoms with Gasteiger partial charge in [-0.1, -0.05) is 72.2 Å². The summed E-state index contributed by atoms with van der Waals surface area (Å²) in [5.74, 6) is 7.15. The molecule has 0 saturated carbocycles. The Kier molecular flexibility index (Phi) is 15.9. The highest BCUT2D eigenvalue weighted by atomic mass is 16.5. The highest BCUT2D eigenvalue weighted by molar-refractivity contribution is 5.99. The van der Waals surface area contributed by atoms with Gasteiger partial charge in [0.05, 0.1) is 5.92 Å². The molecule has 5 amide bonds. The Bertz CT molecular complexity index is 1930. The van der Waals surface area contributed by atoms with Crippen LogP contribution in [-0.4, -0.2) is 64.9 Å². The highest BCUT2D eigenvalue weighted by Crippen LogP contribution is 2.13. The van der Waals surface area contributed by atoms with E-state index in [1.165, 1.54) is 23.1 Å². The van der Waals surface area contributed by atoms with Crippen molar-refractivity contribution in [3.63, 3.8) is 0 Å². The number of nitrogens with one attached hydrogen (secondary N) is 5. The highest BCUT2D eigenvalue weighted by Gasteiger charge is 2.24. The minimum Gasteiger partial charge on any atom is -0.355 e. The van der Waals surface area contributed by atoms with Crippen molar-refractivity contribution in [2.75, 3.05) is 13.1 Å². The molecule has 4 rings (SSSR count). The van der Waals surface area contributed by atoms with Crippen molar-refractivity contribution >= 4 is 35.3 Å². The monoisotopic (exact) mass is 741 g/mol. The lowest BCUT2D eigenvalue weighted by Gasteiger charge is -2.17. The lowest BCUT2D eigenvalue weighted by atomic mass is 9.96. The lowest BCUT2D eigenvalue weighted by Crippen LogP contribution is -2.52. The molecule has 0 radical (unpaired) electrons. The van der Waals surface area contributed by atoms with Crippen LogP contribution in [0.15, 0.2) is 109 Å². The average molecular weight is 742 g/mol. The van der Waals surface area contributed by atoms with Gasteiger partial charge >= 0.3 is 0 Å². The summed E-state index contributed by atoms with van der Waals surface area (Å²) >= 11 is 0. The van der Waals surface area contributed by atoms with E-state index in [9.17, 15) is 34.0 Å². The van der Waals surface area contributed by atoms with Gasteiger partial charge < -0.3 is 16.0 Å². The fourth-order valence-corrected chi connectivity index (χ4v) is 5.03. The summed E-state index contributed by atoms with van der Waals surface area (Å²) in [5.41, 5.74) is 6.58. The van der Waals surface area contributed by atoms with E-state index in [0.717, 1.165) is 11.1 Å². The number of Topliss-reactive ketones (excluding diaryl/α,β-unsaturated/α-hetero) is 1. The third-order valence-electron chi connectivity index (χ3n) is 8.11. The SMILES string of the molecule is O=C(CCCC(=O)NC[C@H](NC(=O)c1ccc(C#Cc2ccccc2)cc1)C(=O)NO)NC[C@H](CC(=O)c1ccc(C#Cc2ccccc2)cc1)C(=O)NO. The van der Waals surface area contributed by atoms with Crippen molar-refractivity contribution < 1.29 is 39.2 Å². The average Bonchev–Trinajstić information content (AvgIpc) is 3.22. The first kappa shape index (κ1) is 40.7. The largest absolute Gasteiger partial charge is 0.355 e. The third-order valence-corrected chi connectivity index (χ3v) is 8.11. The van der Waals surface area contributed by atoms with E-state index in [2.05, 4.69) is 39.6 Å². The maximum atomic E-state index is 12.9. The number of carbonyl (C=O) groups is 6. The molecule has 0 bridgehead atoms. The van der Waals surface area contributed by atoms with Gasteiger partial charge in [0, 0.05) is 65.7 Å². The van der Waals surface area contributed by atoms with E-state index < -0.39 is 41.5 Å². The summed E-state index contributed by atoms with van der Waals surface area (Å²) in [6, 6.07) is 30.4. The number of rotatable bonds is 15. The van der Waals surface area contributed by atoms with Crippen molar-refractivity contribution in [2.24, 2.45) is 5.92 Å². The molecule has 0 fully saturated rings. The van der Waals surface area contributed by atoms with Crippen LogP contribution in [0.25, 0.3) is 0 Å². The van der Waals surface area contributed by atoms with Crippen LogP contribution in [0.2, 0.25) is 0 Å². The van der Waals surface area contributed by atoms with Gasteiger partial charge in [-0.05, 0) is 67.1 Å². The molecule has 0 spiro atoms. The van der Waals surface area contributed by atoms with E-state index in [0.29, 0.717) is 16.7 Å². The van der Waals surface area contributed by atoms with Gasteiger partial charge in [0.1, 0.15) is 6.04 Å². The number of hydrogen-bond donors (Lipinski definition) is 7. The number of carbonyl (C=O) groups excluding carboxylic acids is 6. The number of hydrogen-bond acceptors (Lipinski definition) is 8. The van der Waals surface area contributed by atoms with Crippen molar-refractivity contribution in [2.45, 2.75) is 31.7 Å². The van der Waals surface area contributed by atoms with Gasteiger partial charge in [0.2, 0.25) is 17.7 Å². The second kappa shape index (κ2) is 21.5. The standard InChI is InChI=1S/C42H39N5O8/c48-37(33-22-18-31(19-23-33)16-14-29-8-3-1-4-9-29)26-35(41(52)46-54)27-43-38(49)12-7-13-39(50)44-28-36(42(53)47-55)45-40(51)34-24-20-32(21-25-34)17-15-30-10-5-2-6-11-30/h1-6,8-11,18-25,35-36,54-55H,7,12-13,26-28H2,(H,43,49)(H,44,50)(H,45,51)(H,46,52)(H,47,53)/t35-,36-/m0/s1. The minimum absolute atomic E-state index is 0.0930. The van der Waals surface area contributed by atoms with Crippen molar-refractivity contribution in [3.8, 4) is 23.7 Å². The van der Waals surface area contributed by atoms with E-state index in [1.54, 1.807) is 36.4 Å². The molecule has 0 saturated heterocycles. The molecule has 4 aromatic rings. The van der Waals surface area contributed by atoms with Gasteiger partial charge in [-0.2, -0.15) is 0 Å². The Hall–Kier alpha value is -7.06. The lowest BCUT2D eigenvalue weighted by molar-refractivity contribution is -0.133. The Morgan fingerprint density at radius 2 is 0.964 bits per heavy atom. The van der Waals surface area contributed by atoms with Crippen LogP contribution in [0.5, 0.6) is 0 Å². The zero-order chi connectivity index (χ0) is 39.4. The van der Waals surface area contributed by atoms with Crippen LogP contribution >= 0.6 is 0 Å². The Morgan fingerprint density at radius 3 is 1.44 bits per heavy atom. The minimum atomic E-state index is -1.31. The van der Waals surface area contributed by atoms with E-state index in [4.69, 9.17) is 5.21 Å². The summed E-state index contributed by atoms with van der Waals surface area (Å²) in [6.45, 7) is -0.592. The van der Waals surface area contributed by atoms with Crippen molar-refractivity contribution in [1.82, 2.24) is 26.9 Å². The maximum Gasteiger partial charge on any atom is 0.267 e. The summed E-state index contributed by atoms with van der Waals surface area (Å²) in [5, 5.41) is 25.9. The van der Waals surface area contributed by atoms with E-state index >= 15 is 0 Å². The summed E-state index contributed by atoms with van der Waals surface area (Å²) < 4.78 is 0. The van der Waals surface area contributed by atoms with Gasteiger partial charge in [0.25, 0.3) is 11.8 Å². The van der Waals surface area contributed by atoms with Crippen LogP contribution in [0.4, 0.5) is 0 Å². The fourth-order valence-electron chi connectivity index (χ4n) is 5.03. The second-order valence-corrected chi connectivity index (χ2v) is 12.2. The van der Waals surface area contributed by atoms with Crippen molar-refractivity contribution in [3.05, 3.63) is 143 Å². The molecule has 2 atom stereocenters. The quantitative estimate of drug-likeness (QED) is 0.0417. The topological polar surface area (TPSA) is 203 Å². The second-order valence-electron chi connectivity index (χ2n) is 12.2. The molecule has 13 nitrogen and oxygen atoms in total. The fraction of sp³-hybridized carbons (Fsp3) is 0.190. The third kappa shape index (κ3) is 13.8. The molecule has 55 heavy (non-hydrogen) atoms. The molecular formula is C42H39N5O8. The van der Waals surface area contributed by atoms with Gasteiger partial charge in [-0.15, -0.1) is 0 Å². The zero-order valence-corrected chi connectivity index (χ0v) is 29.6. The first-order valence-electron chi connectivity index (χ1n) is 17.2. The van der Waals surface area contributed by atoms with Crippen LogP contribution in [0, 0.1) is 29.6 Å². The number of benzene rings is 4. The summed E-state index contributed by atoms with van der Waals surface area (Å²) in [7, 11) is 0. The molecule has 4 aromatic carbocycles. The molecule has 0 aliphatic heterocycles. The number of hydroxylamine groups is 2. The van der Waals surface area contributed by atoms with E-state index in [1.807, 2.05) is 60.7 Å². The molecule has 280 valence electrons. The van der Waals surface area contributed by atoms with Crippen LogP contribution in [0.3, 0.4) is 0 Å². The Morgan fingerprint density at radius 1 is 0.527 bits per heavy atom. The Labute approximate surface area is 317 Å². The molecule has 0 unspecified atom stereocenters. The molecule has 0 heterocycles. The van der Waals surface area contributed by atoms with Gasteiger partial charge in [-0.25, -0.2) is 11.0 Å². The van der Waals surface area contributed by atoms with Crippen LogP contribution in [-0.2, 0) is 19.2 Å². The first-order chi connectivity index (χ1) is 26.6. The molecule has 7 N–H and O–H groups in total. The molecule has 0 aliphatic rings. The van der Waals surface area contributed by atoms with Gasteiger partial charge in [-0.3, -0.25) is 39.2 Å².